The molecule has 0 aromatic heterocycles. The van der Waals surface area contributed by atoms with Crippen molar-refractivity contribution in [2.24, 2.45) is 11.8 Å². The van der Waals surface area contributed by atoms with Crippen LogP contribution in [0.5, 0.6) is 0 Å². The van der Waals surface area contributed by atoms with Crippen molar-refractivity contribution in [3.05, 3.63) is 35.9 Å². The molecule has 4 heteroatoms. The van der Waals surface area contributed by atoms with Gasteiger partial charge in [-0.3, -0.25) is 4.90 Å². The Labute approximate surface area is 152 Å². The number of hydrogen-bond acceptors (Lipinski definition) is 2. The summed E-state index contributed by atoms with van der Waals surface area (Å²) < 4.78 is 0. The van der Waals surface area contributed by atoms with Crippen LogP contribution in [0.3, 0.4) is 0 Å². The molecule has 0 atom stereocenters. The highest BCUT2D eigenvalue weighted by atomic mass is 16.2. The first kappa shape index (κ1) is 18.2. The van der Waals surface area contributed by atoms with Crippen LogP contribution in [0, 0.1) is 11.8 Å². The van der Waals surface area contributed by atoms with Crippen LogP contribution < -0.4 is 10.6 Å². The number of amides is 2. The summed E-state index contributed by atoms with van der Waals surface area (Å²) in [7, 11) is 4.39. The van der Waals surface area contributed by atoms with Gasteiger partial charge in [-0.25, -0.2) is 4.79 Å². The quantitative estimate of drug-likeness (QED) is 0.826. The molecule has 0 heterocycles. The van der Waals surface area contributed by atoms with E-state index >= 15 is 0 Å². The molecule has 138 valence electrons. The number of carbonyl (C=O) groups is 1. The van der Waals surface area contributed by atoms with Gasteiger partial charge in [-0.1, -0.05) is 36.8 Å². The number of urea groups is 1. The Hall–Kier alpha value is -1.55. The number of nitrogens with one attached hydrogen (secondary N) is 2. The molecule has 0 spiro atoms. The zero-order chi connectivity index (χ0) is 17.7. The summed E-state index contributed by atoms with van der Waals surface area (Å²) in [5.41, 5.74) is 1.56. The summed E-state index contributed by atoms with van der Waals surface area (Å²) in [5, 5.41) is 6.11. The Kier molecular flexibility index (Phi) is 6.00. The van der Waals surface area contributed by atoms with Gasteiger partial charge in [-0.15, -0.1) is 0 Å². The molecule has 0 unspecified atom stereocenters. The average molecular weight is 344 g/mol. The maximum atomic E-state index is 12.0. The topological polar surface area (TPSA) is 44.4 Å². The van der Waals surface area contributed by atoms with Gasteiger partial charge in [0, 0.05) is 18.6 Å². The minimum atomic E-state index is 0.0133. The molecule has 2 N–H and O–H groups in total. The molecule has 4 nitrogen and oxygen atoms in total. The van der Waals surface area contributed by atoms with Crippen LogP contribution in [0.4, 0.5) is 4.79 Å². The van der Waals surface area contributed by atoms with Gasteiger partial charge in [0.05, 0.1) is 0 Å². The van der Waals surface area contributed by atoms with E-state index in [-0.39, 0.29) is 11.6 Å². The third-order valence-electron chi connectivity index (χ3n) is 6.43. The van der Waals surface area contributed by atoms with E-state index in [1.807, 2.05) is 0 Å². The largest absolute Gasteiger partial charge is 0.338 e. The fourth-order valence-corrected chi connectivity index (χ4v) is 4.34. The van der Waals surface area contributed by atoms with Crippen LogP contribution in [-0.4, -0.2) is 38.1 Å². The molecule has 3 rings (SSSR count). The molecule has 1 aromatic rings. The fourth-order valence-electron chi connectivity index (χ4n) is 4.34. The van der Waals surface area contributed by atoms with E-state index in [1.54, 1.807) is 0 Å². The van der Waals surface area contributed by atoms with E-state index in [2.05, 4.69) is 60.0 Å². The summed E-state index contributed by atoms with van der Waals surface area (Å²) in [5.74, 6) is 1.30. The van der Waals surface area contributed by atoms with E-state index < -0.39 is 0 Å². The lowest BCUT2D eigenvalue weighted by Gasteiger charge is -2.45. The Morgan fingerprint density at radius 2 is 1.56 bits per heavy atom. The summed E-state index contributed by atoms with van der Waals surface area (Å²) in [6.07, 6.45) is 8.50. The fraction of sp³-hybridized carbons (Fsp3) is 0.667. The van der Waals surface area contributed by atoms with E-state index in [1.165, 1.54) is 24.8 Å². The standard InChI is InChI=1S/C21H33N3O/c1-24(2)21(19-9-4-3-5-10-19)13-11-18(12-14-21)16-23-20(25)22-15-17-7-6-8-17/h3-5,9-10,17-18H,6-8,11-16H2,1-2H3,(H2,22,23,25). The van der Waals surface area contributed by atoms with Crippen LogP contribution in [0.15, 0.2) is 30.3 Å². The first-order valence-electron chi connectivity index (χ1n) is 9.85. The van der Waals surface area contributed by atoms with Crippen LogP contribution in [0.1, 0.15) is 50.5 Å². The Bertz CT molecular complexity index is 546. The highest BCUT2D eigenvalue weighted by molar-refractivity contribution is 5.73. The molecule has 0 radical (unpaired) electrons. The second kappa shape index (κ2) is 8.22. The molecule has 0 aliphatic heterocycles. The molecule has 2 aliphatic rings. The van der Waals surface area contributed by atoms with E-state index in [4.69, 9.17) is 0 Å². The molecule has 2 aliphatic carbocycles. The molecule has 25 heavy (non-hydrogen) atoms. The summed E-state index contributed by atoms with van der Waals surface area (Å²) >= 11 is 0. The molecule has 0 bridgehead atoms. The first-order chi connectivity index (χ1) is 12.1. The summed E-state index contributed by atoms with van der Waals surface area (Å²) in [6.45, 7) is 1.64. The predicted molar refractivity (Wildman–Crippen MR) is 103 cm³/mol. The molecular weight excluding hydrogens is 310 g/mol. The third-order valence-corrected chi connectivity index (χ3v) is 6.43. The second-order valence-electron chi connectivity index (χ2n) is 8.12. The lowest BCUT2D eigenvalue weighted by Crippen LogP contribution is -2.46. The van der Waals surface area contributed by atoms with Crippen molar-refractivity contribution in [3.8, 4) is 0 Å². The van der Waals surface area contributed by atoms with E-state index in [0.29, 0.717) is 11.8 Å². The zero-order valence-electron chi connectivity index (χ0n) is 15.8. The maximum absolute atomic E-state index is 12.0. The summed E-state index contributed by atoms with van der Waals surface area (Å²) in [6, 6.07) is 10.9. The zero-order valence-corrected chi connectivity index (χ0v) is 15.8. The Morgan fingerprint density at radius 3 is 2.04 bits per heavy atom. The Morgan fingerprint density at radius 1 is 1.00 bits per heavy atom. The molecule has 2 saturated carbocycles. The molecular formula is C21H33N3O. The smallest absolute Gasteiger partial charge is 0.314 e. The lowest BCUT2D eigenvalue weighted by molar-refractivity contribution is 0.0775. The number of nitrogens with zero attached hydrogens (tertiary/aromatic N) is 1. The van der Waals surface area contributed by atoms with Crippen molar-refractivity contribution < 1.29 is 4.79 Å². The second-order valence-corrected chi connectivity index (χ2v) is 8.12. The van der Waals surface area contributed by atoms with E-state index in [9.17, 15) is 4.79 Å². The van der Waals surface area contributed by atoms with Crippen molar-refractivity contribution in [2.75, 3.05) is 27.2 Å². The summed E-state index contributed by atoms with van der Waals surface area (Å²) in [4.78, 5) is 14.3. The highest BCUT2D eigenvalue weighted by Crippen LogP contribution is 2.42. The molecule has 1 aromatic carbocycles. The minimum absolute atomic E-state index is 0.0133. The van der Waals surface area contributed by atoms with Gasteiger partial charge >= 0.3 is 6.03 Å². The molecule has 0 saturated heterocycles. The number of benzene rings is 1. The number of rotatable bonds is 6. The van der Waals surface area contributed by atoms with Gasteiger partial charge in [0.15, 0.2) is 0 Å². The van der Waals surface area contributed by atoms with Crippen molar-refractivity contribution in [2.45, 2.75) is 50.5 Å². The van der Waals surface area contributed by atoms with Crippen molar-refractivity contribution in [1.82, 2.24) is 15.5 Å². The predicted octanol–water partition coefficient (Wildman–Crippen LogP) is 3.73. The van der Waals surface area contributed by atoms with Crippen LogP contribution in [0.2, 0.25) is 0 Å². The van der Waals surface area contributed by atoms with Gasteiger partial charge in [0.2, 0.25) is 0 Å². The van der Waals surface area contributed by atoms with Gasteiger partial charge in [0.1, 0.15) is 0 Å². The van der Waals surface area contributed by atoms with Crippen molar-refractivity contribution >= 4 is 6.03 Å². The van der Waals surface area contributed by atoms with Crippen LogP contribution in [0.25, 0.3) is 0 Å². The van der Waals surface area contributed by atoms with Crippen LogP contribution in [-0.2, 0) is 5.54 Å². The monoisotopic (exact) mass is 343 g/mol. The maximum Gasteiger partial charge on any atom is 0.314 e. The van der Waals surface area contributed by atoms with Gasteiger partial charge in [-0.05, 0) is 70.0 Å². The molecule has 2 amide bonds. The van der Waals surface area contributed by atoms with Gasteiger partial charge in [0.25, 0.3) is 0 Å². The third kappa shape index (κ3) is 4.35. The average Bonchev–Trinajstić information content (AvgIpc) is 2.59. The normalized spacial score (nSPS) is 26.9. The highest BCUT2D eigenvalue weighted by Gasteiger charge is 2.38. The van der Waals surface area contributed by atoms with Gasteiger partial charge in [-0.2, -0.15) is 0 Å². The lowest BCUT2D eigenvalue weighted by atomic mass is 9.72. The SMILES string of the molecule is CN(C)C1(c2ccccc2)CCC(CNC(=O)NCC2CCC2)CC1. The number of carbonyl (C=O) groups excluding carboxylic acids is 1. The van der Waals surface area contributed by atoms with Gasteiger partial charge < -0.3 is 10.6 Å². The first-order valence-corrected chi connectivity index (χ1v) is 9.85. The molecule has 2 fully saturated rings. The Balaban J connectivity index is 1.46. The van der Waals surface area contributed by atoms with E-state index in [0.717, 1.165) is 38.8 Å². The van der Waals surface area contributed by atoms with Crippen molar-refractivity contribution in [3.63, 3.8) is 0 Å². The number of hydrogen-bond donors (Lipinski definition) is 2. The van der Waals surface area contributed by atoms with Crippen LogP contribution >= 0.6 is 0 Å². The minimum Gasteiger partial charge on any atom is -0.338 e. The van der Waals surface area contributed by atoms with Crippen molar-refractivity contribution in [1.29, 1.82) is 0 Å².